The van der Waals surface area contributed by atoms with Crippen molar-refractivity contribution in [3.8, 4) is 0 Å². The Labute approximate surface area is 85.2 Å². The first-order chi connectivity index (χ1) is 6.05. The zero-order valence-corrected chi connectivity index (χ0v) is 9.38. The predicted molar refractivity (Wildman–Crippen MR) is 54.0 cm³/mol. The quantitative estimate of drug-likeness (QED) is 0.353. The number of carbonyl (C=O) groups excluding carboxylic acids is 1. The van der Waals surface area contributed by atoms with Crippen molar-refractivity contribution in [2.45, 2.75) is 12.5 Å². The molecule has 1 atom stereocenters. The fourth-order valence-corrected chi connectivity index (χ4v) is 1.52. The second-order valence-electron chi connectivity index (χ2n) is 3.77. The van der Waals surface area contributed by atoms with Gasteiger partial charge in [-0.3, -0.25) is 0 Å². The minimum Gasteiger partial charge on any atom is -0.374 e. The maximum absolute atomic E-state index is 10.5. The van der Waals surface area contributed by atoms with Crippen LogP contribution < -0.4 is 0 Å². The minimum atomic E-state index is -0.271. The molecule has 0 bridgehead atoms. The molecule has 3 nitrogen and oxygen atoms in total. The summed E-state index contributed by atoms with van der Waals surface area (Å²) in [4.78, 5) is 10.5. The first kappa shape index (κ1) is 12.9. The van der Waals surface area contributed by atoms with Crippen LogP contribution in [0.15, 0.2) is 0 Å². The Hall–Kier alpha value is -0.120. The molecule has 13 heavy (non-hydrogen) atoms. The molecule has 0 aliphatic heterocycles. The van der Waals surface area contributed by atoms with Crippen LogP contribution in [0.4, 0.5) is 0 Å². The van der Waals surface area contributed by atoms with Gasteiger partial charge in [0.1, 0.15) is 12.4 Å². The summed E-state index contributed by atoms with van der Waals surface area (Å²) >= 11 is 5.65. The molecule has 0 saturated carbocycles. The van der Waals surface area contributed by atoms with Gasteiger partial charge in [-0.25, -0.2) is 0 Å². The Morgan fingerprint density at radius 3 is 2.46 bits per heavy atom. The molecule has 78 valence electrons. The molecule has 0 aliphatic carbocycles. The Morgan fingerprint density at radius 2 is 2.08 bits per heavy atom. The molecule has 0 rings (SSSR count). The first-order valence-corrected chi connectivity index (χ1v) is 4.95. The van der Waals surface area contributed by atoms with E-state index in [1.807, 2.05) is 0 Å². The summed E-state index contributed by atoms with van der Waals surface area (Å²) < 4.78 is 5.79. The summed E-state index contributed by atoms with van der Waals surface area (Å²) in [5, 5.41) is 0. The fourth-order valence-electron chi connectivity index (χ4n) is 1.06. The zero-order valence-electron chi connectivity index (χ0n) is 8.62. The van der Waals surface area contributed by atoms with Crippen molar-refractivity contribution in [1.29, 1.82) is 0 Å². The molecule has 0 aromatic rings. The molecule has 0 aromatic heterocycles. The lowest BCUT2D eigenvalue weighted by Gasteiger charge is -2.29. The second-order valence-corrected chi connectivity index (χ2v) is 4.15. The van der Waals surface area contributed by atoms with Gasteiger partial charge in [-0.1, -0.05) is 0 Å². The van der Waals surface area contributed by atoms with Crippen molar-refractivity contribution in [1.82, 2.24) is 0 Å². The summed E-state index contributed by atoms with van der Waals surface area (Å²) in [5.74, 6) is 0.645. The van der Waals surface area contributed by atoms with Crippen LogP contribution in [0.5, 0.6) is 0 Å². The summed E-state index contributed by atoms with van der Waals surface area (Å²) in [7, 11) is 5.75. The topological polar surface area (TPSA) is 26.3 Å². The van der Waals surface area contributed by atoms with Crippen molar-refractivity contribution in [3.63, 3.8) is 0 Å². The third-order valence-corrected chi connectivity index (χ3v) is 2.33. The normalized spacial score (nSPS) is 14.2. The third kappa shape index (κ3) is 6.02. The van der Waals surface area contributed by atoms with Crippen LogP contribution in [0.2, 0.25) is 0 Å². The van der Waals surface area contributed by atoms with Gasteiger partial charge in [0.15, 0.2) is 0 Å². The summed E-state index contributed by atoms with van der Waals surface area (Å²) in [6.45, 7) is 1.82. The Bertz CT molecular complexity index is 151. The second kappa shape index (κ2) is 6.35. The SMILES string of the molecule is COC(C=O)CC[N+](C)(C)CCCl. The highest BCUT2D eigenvalue weighted by atomic mass is 35.5. The zero-order chi connectivity index (χ0) is 10.3. The van der Waals surface area contributed by atoms with Gasteiger partial charge in [0.05, 0.1) is 33.1 Å². The molecular formula is C9H19ClNO2+. The van der Waals surface area contributed by atoms with E-state index in [0.717, 1.165) is 30.3 Å². The lowest BCUT2D eigenvalue weighted by atomic mass is 10.2. The molecule has 0 saturated heterocycles. The van der Waals surface area contributed by atoms with E-state index in [2.05, 4.69) is 14.1 Å². The van der Waals surface area contributed by atoms with Crippen LogP contribution in [0, 0.1) is 0 Å². The summed E-state index contributed by atoms with van der Waals surface area (Å²) in [5.41, 5.74) is 0. The van der Waals surface area contributed by atoms with Gasteiger partial charge in [0, 0.05) is 13.5 Å². The predicted octanol–water partition coefficient (Wildman–Crippen LogP) is 0.906. The van der Waals surface area contributed by atoms with Gasteiger partial charge < -0.3 is 14.0 Å². The highest BCUT2D eigenvalue weighted by Gasteiger charge is 2.16. The van der Waals surface area contributed by atoms with E-state index >= 15 is 0 Å². The number of hydrogen-bond acceptors (Lipinski definition) is 2. The fraction of sp³-hybridized carbons (Fsp3) is 0.889. The molecule has 0 spiro atoms. The molecule has 0 amide bonds. The van der Waals surface area contributed by atoms with E-state index in [9.17, 15) is 4.79 Å². The molecular weight excluding hydrogens is 190 g/mol. The van der Waals surface area contributed by atoms with Crippen molar-refractivity contribution in [2.24, 2.45) is 0 Å². The Balaban J connectivity index is 3.77. The number of alkyl halides is 1. The van der Waals surface area contributed by atoms with Gasteiger partial charge in [-0.2, -0.15) is 0 Å². The van der Waals surface area contributed by atoms with Crippen molar-refractivity contribution < 1.29 is 14.0 Å². The van der Waals surface area contributed by atoms with E-state index in [1.54, 1.807) is 7.11 Å². The lowest BCUT2D eigenvalue weighted by Crippen LogP contribution is -2.43. The van der Waals surface area contributed by atoms with E-state index in [4.69, 9.17) is 16.3 Å². The summed E-state index contributed by atoms with van der Waals surface area (Å²) in [6.07, 6.45) is 1.33. The van der Waals surface area contributed by atoms with Gasteiger partial charge in [0.2, 0.25) is 0 Å². The number of carbonyl (C=O) groups is 1. The average Bonchev–Trinajstić information content (AvgIpc) is 2.06. The number of methoxy groups -OCH3 is 1. The standard InChI is InChI=1S/C9H19ClNO2/c1-11(2,7-5-10)6-4-9(8-12)13-3/h8-9H,4-7H2,1-3H3/q+1. The number of ether oxygens (including phenoxy) is 1. The molecule has 1 unspecified atom stereocenters. The van der Waals surface area contributed by atoms with Crippen LogP contribution in [-0.2, 0) is 9.53 Å². The molecule has 0 radical (unpaired) electrons. The van der Waals surface area contributed by atoms with Crippen molar-refractivity contribution >= 4 is 17.9 Å². The first-order valence-electron chi connectivity index (χ1n) is 4.42. The Morgan fingerprint density at radius 1 is 1.46 bits per heavy atom. The average molecular weight is 209 g/mol. The van der Waals surface area contributed by atoms with E-state index in [1.165, 1.54) is 0 Å². The molecule has 0 aliphatic rings. The van der Waals surface area contributed by atoms with Crippen LogP contribution in [0.25, 0.3) is 0 Å². The van der Waals surface area contributed by atoms with Gasteiger partial charge in [-0.05, 0) is 0 Å². The largest absolute Gasteiger partial charge is 0.374 e. The maximum Gasteiger partial charge on any atom is 0.148 e. The minimum absolute atomic E-state index is 0.271. The highest BCUT2D eigenvalue weighted by Crippen LogP contribution is 2.03. The van der Waals surface area contributed by atoms with Crippen LogP contribution >= 0.6 is 11.6 Å². The Kier molecular flexibility index (Phi) is 6.29. The van der Waals surface area contributed by atoms with E-state index < -0.39 is 0 Å². The van der Waals surface area contributed by atoms with Crippen molar-refractivity contribution in [3.05, 3.63) is 0 Å². The number of aldehydes is 1. The smallest absolute Gasteiger partial charge is 0.148 e. The highest BCUT2D eigenvalue weighted by molar-refractivity contribution is 6.17. The number of quaternary nitrogens is 1. The van der Waals surface area contributed by atoms with Gasteiger partial charge >= 0.3 is 0 Å². The van der Waals surface area contributed by atoms with Crippen LogP contribution in [0.1, 0.15) is 6.42 Å². The molecule has 0 heterocycles. The lowest BCUT2D eigenvalue weighted by molar-refractivity contribution is -0.888. The molecule has 4 heteroatoms. The number of rotatable bonds is 7. The summed E-state index contributed by atoms with van der Waals surface area (Å²) in [6, 6.07) is 0. The monoisotopic (exact) mass is 208 g/mol. The number of nitrogens with zero attached hydrogens (tertiary/aromatic N) is 1. The molecule has 0 aromatic carbocycles. The van der Waals surface area contributed by atoms with E-state index in [0.29, 0.717) is 5.88 Å². The van der Waals surface area contributed by atoms with Crippen molar-refractivity contribution in [2.75, 3.05) is 40.2 Å². The number of hydrogen-bond donors (Lipinski definition) is 0. The van der Waals surface area contributed by atoms with Crippen LogP contribution in [-0.4, -0.2) is 57.0 Å². The number of halogens is 1. The molecule has 0 fully saturated rings. The molecule has 0 N–H and O–H groups in total. The van der Waals surface area contributed by atoms with Gasteiger partial charge in [0.25, 0.3) is 0 Å². The van der Waals surface area contributed by atoms with Crippen LogP contribution in [0.3, 0.4) is 0 Å². The maximum atomic E-state index is 10.5. The third-order valence-electron chi connectivity index (χ3n) is 2.16. The van der Waals surface area contributed by atoms with Gasteiger partial charge in [-0.15, -0.1) is 11.6 Å². The van der Waals surface area contributed by atoms with E-state index in [-0.39, 0.29) is 6.10 Å².